The second-order valence-electron chi connectivity index (χ2n) is 9.70. The number of ether oxygens (including phenoxy) is 2. The van der Waals surface area contributed by atoms with Crippen LogP contribution >= 0.6 is 11.3 Å². The van der Waals surface area contributed by atoms with Gasteiger partial charge in [0.25, 0.3) is 5.78 Å². The smallest absolute Gasteiger partial charge is 0.350 e. The fourth-order valence-electron chi connectivity index (χ4n) is 4.74. The number of aromatic hydroxyl groups is 1. The van der Waals surface area contributed by atoms with Crippen molar-refractivity contribution < 1.29 is 34.1 Å². The van der Waals surface area contributed by atoms with Gasteiger partial charge in [-0.15, -0.1) is 0 Å². The third-order valence-corrected chi connectivity index (χ3v) is 7.84. The molecule has 1 aliphatic heterocycles. The normalized spacial score (nSPS) is 16.1. The number of hydrogen-bond donors (Lipinski definition) is 2. The SMILES string of the molecule is CCOC(=O)c1sc(N2C(=O)C(=O)/C(=C(/O)c3ccc(OCc4cccc(C)c4)cc3)C2c2cccc(O)c2)nc1C. The van der Waals surface area contributed by atoms with Gasteiger partial charge >= 0.3 is 11.9 Å². The Morgan fingerprint density at radius 3 is 2.45 bits per heavy atom. The van der Waals surface area contributed by atoms with Crippen LogP contribution in [-0.2, 0) is 20.9 Å². The Labute approximate surface area is 246 Å². The highest BCUT2D eigenvalue weighted by molar-refractivity contribution is 7.17. The number of esters is 1. The molecular weight excluding hydrogens is 556 g/mol. The number of nitrogens with zero attached hydrogens (tertiary/aromatic N) is 2. The summed E-state index contributed by atoms with van der Waals surface area (Å²) in [7, 11) is 0. The number of carbonyl (C=O) groups excluding carboxylic acids is 3. The van der Waals surface area contributed by atoms with E-state index in [-0.39, 0.29) is 27.9 Å². The van der Waals surface area contributed by atoms with Crippen molar-refractivity contribution in [1.82, 2.24) is 4.98 Å². The first kappa shape index (κ1) is 28.6. The first-order valence-electron chi connectivity index (χ1n) is 13.2. The first-order valence-corrected chi connectivity index (χ1v) is 14.0. The lowest BCUT2D eigenvalue weighted by atomic mass is 9.95. The lowest BCUT2D eigenvalue weighted by molar-refractivity contribution is -0.132. The van der Waals surface area contributed by atoms with Crippen LogP contribution in [0.5, 0.6) is 11.5 Å². The number of benzene rings is 3. The third kappa shape index (κ3) is 5.61. The monoisotopic (exact) mass is 584 g/mol. The number of phenolic OH excluding ortho intramolecular Hbond substituents is 1. The van der Waals surface area contributed by atoms with Gasteiger partial charge in [0.2, 0.25) is 0 Å². The van der Waals surface area contributed by atoms with Gasteiger partial charge in [0.15, 0.2) is 5.13 Å². The van der Waals surface area contributed by atoms with Crippen molar-refractivity contribution in [1.29, 1.82) is 0 Å². The fourth-order valence-corrected chi connectivity index (χ4v) is 5.73. The van der Waals surface area contributed by atoms with Crippen molar-refractivity contribution in [2.75, 3.05) is 11.5 Å². The number of rotatable bonds is 8. The number of aromatic nitrogens is 1. The average Bonchev–Trinajstić information content (AvgIpc) is 3.48. The fraction of sp³-hybridized carbons (Fsp3) is 0.188. The van der Waals surface area contributed by atoms with Crippen LogP contribution in [0.3, 0.4) is 0 Å². The van der Waals surface area contributed by atoms with E-state index in [2.05, 4.69) is 4.98 Å². The maximum Gasteiger partial charge on any atom is 0.350 e. The number of thiazole rings is 1. The van der Waals surface area contributed by atoms with Gasteiger partial charge in [-0.25, -0.2) is 9.78 Å². The number of carbonyl (C=O) groups is 3. The average molecular weight is 585 g/mol. The topological polar surface area (TPSA) is 126 Å². The predicted molar refractivity (Wildman–Crippen MR) is 158 cm³/mol. The molecule has 1 fully saturated rings. The molecule has 5 rings (SSSR count). The number of amides is 1. The van der Waals surface area contributed by atoms with E-state index < -0.39 is 29.5 Å². The second kappa shape index (κ2) is 11.9. The van der Waals surface area contributed by atoms with Crippen LogP contribution < -0.4 is 9.64 Å². The summed E-state index contributed by atoms with van der Waals surface area (Å²) in [6, 6.07) is 19.4. The number of hydrogen-bond acceptors (Lipinski definition) is 9. The van der Waals surface area contributed by atoms with Crippen LogP contribution in [0.4, 0.5) is 5.13 Å². The van der Waals surface area contributed by atoms with Gasteiger partial charge in [-0.2, -0.15) is 0 Å². The van der Waals surface area contributed by atoms with Gasteiger partial charge < -0.3 is 19.7 Å². The quantitative estimate of drug-likeness (QED) is 0.114. The van der Waals surface area contributed by atoms with Gasteiger partial charge in [-0.1, -0.05) is 53.3 Å². The molecule has 0 bridgehead atoms. The lowest BCUT2D eigenvalue weighted by Crippen LogP contribution is -2.29. The van der Waals surface area contributed by atoms with E-state index in [9.17, 15) is 24.6 Å². The van der Waals surface area contributed by atoms with Crippen LogP contribution in [0, 0.1) is 13.8 Å². The van der Waals surface area contributed by atoms with Crippen molar-refractivity contribution in [3.63, 3.8) is 0 Å². The molecule has 0 saturated carbocycles. The Balaban J connectivity index is 1.52. The summed E-state index contributed by atoms with van der Waals surface area (Å²) >= 11 is 0.913. The van der Waals surface area contributed by atoms with Crippen LogP contribution in [-0.4, -0.2) is 39.5 Å². The van der Waals surface area contributed by atoms with E-state index in [1.54, 1.807) is 50.2 Å². The van der Waals surface area contributed by atoms with Gasteiger partial charge in [-0.05, 0) is 68.3 Å². The van der Waals surface area contributed by atoms with Gasteiger partial charge in [0.05, 0.1) is 23.9 Å². The number of Topliss-reactive ketones (excluding diaryl/α,β-unsaturated/α-hetero) is 1. The van der Waals surface area contributed by atoms with E-state index in [1.807, 2.05) is 31.2 Å². The molecule has 10 heteroatoms. The summed E-state index contributed by atoms with van der Waals surface area (Å²) in [5, 5.41) is 21.7. The molecule has 1 aliphatic rings. The molecule has 42 heavy (non-hydrogen) atoms. The highest BCUT2D eigenvalue weighted by Gasteiger charge is 2.48. The standard InChI is InChI=1S/C32H28N2O7S/c1-4-40-31(39)29-19(3)33-32(42-29)34-26(22-9-6-10-23(35)16-22)25(28(37)30(34)38)27(36)21-11-13-24(14-12-21)41-17-20-8-5-7-18(2)15-20/h5-16,26,35-36H,4,17H2,1-3H3/b27-25+. The number of anilines is 1. The minimum atomic E-state index is -1.12. The molecule has 1 aromatic heterocycles. The van der Waals surface area contributed by atoms with Gasteiger partial charge in [0, 0.05) is 5.56 Å². The van der Waals surface area contributed by atoms with E-state index in [4.69, 9.17) is 9.47 Å². The van der Waals surface area contributed by atoms with Gasteiger partial charge in [-0.3, -0.25) is 14.5 Å². The summed E-state index contributed by atoms with van der Waals surface area (Å²) < 4.78 is 11.0. The Kier molecular flexibility index (Phi) is 8.08. The molecule has 1 amide bonds. The van der Waals surface area contributed by atoms with E-state index >= 15 is 0 Å². The third-order valence-electron chi connectivity index (χ3n) is 6.70. The summed E-state index contributed by atoms with van der Waals surface area (Å²) in [5.74, 6) is -2.36. The van der Waals surface area contributed by atoms with E-state index in [0.717, 1.165) is 27.4 Å². The molecule has 1 saturated heterocycles. The van der Waals surface area contributed by atoms with Crippen LogP contribution in [0.1, 0.15) is 50.6 Å². The lowest BCUT2D eigenvalue weighted by Gasteiger charge is -2.23. The van der Waals surface area contributed by atoms with Crippen LogP contribution in [0.25, 0.3) is 5.76 Å². The molecule has 3 aromatic carbocycles. The summed E-state index contributed by atoms with van der Waals surface area (Å²) in [5.41, 5.74) is 2.97. The Morgan fingerprint density at radius 2 is 1.76 bits per heavy atom. The zero-order valence-corrected chi connectivity index (χ0v) is 24.0. The van der Waals surface area contributed by atoms with E-state index in [1.165, 1.54) is 12.1 Å². The maximum absolute atomic E-state index is 13.4. The number of aryl methyl sites for hydroxylation is 2. The minimum Gasteiger partial charge on any atom is -0.508 e. The molecule has 0 spiro atoms. The predicted octanol–water partition coefficient (Wildman–Crippen LogP) is 5.85. The number of phenols is 1. The molecule has 1 atom stereocenters. The van der Waals surface area contributed by atoms with Crippen molar-refractivity contribution in [2.45, 2.75) is 33.4 Å². The molecule has 0 aliphatic carbocycles. The molecular formula is C32H28N2O7S. The first-order chi connectivity index (χ1) is 20.2. The number of ketones is 1. The van der Waals surface area contributed by atoms with Crippen molar-refractivity contribution in [3.05, 3.63) is 111 Å². The second-order valence-corrected chi connectivity index (χ2v) is 10.7. The van der Waals surface area contributed by atoms with Gasteiger partial charge in [0.1, 0.15) is 28.7 Å². The molecule has 4 aromatic rings. The number of aliphatic hydroxyl groups excluding tert-OH is 1. The molecule has 0 radical (unpaired) electrons. The number of aliphatic hydroxyl groups is 1. The van der Waals surface area contributed by atoms with Crippen molar-refractivity contribution in [3.8, 4) is 11.5 Å². The Morgan fingerprint density at radius 1 is 1.02 bits per heavy atom. The zero-order chi connectivity index (χ0) is 30.0. The van der Waals surface area contributed by atoms with Crippen LogP contribution in [0.15, 0.2) is 78.4 Å². The molecule has 2 N–H and O–H groups in total. The zero-order valence-electron chi connectivity index (χ0n) is 23.2. The maximum atomic E-state index is 13.4. The largest absolute Gasteiger partial charge is 0.508 e. The summed E-state index contributed by atoms with van der Waals surface area (Å²) in [4.78, 5) is 45.1. The van der Waals surface area contributed by atoms with Crippen molar-refractivity contribution >= 4 is 39.9 Å². The van der Waals surface area contributed by atoms with Crippen molar-refractivity contribution in [2.24, 2.45) is 0 Å². The molecule has 9 nitrogen and oxygen atoms in total. The Hall–Kier alpha value is -4.96. The Bertz CT molecular complexity index is 1710. The summed E-state index contributed by atoms with van der Waals surface area (Å²) in [6.07, 6.45) is 0. The summed E-state index contributed by atoms with van der Waals surface area (Å²) in [6.45, 7) is 5.81. The highest BCUT2D eigenvalue weighted by Crippen LogP contribution is 2.44. The minimum absolute atomic E-state index is 0.0873. The molecule has 2 heterocycles. The molecule has 214 valence electrons. The highest BCUT2D eigenvalue weighted by atomic mass is 32.1. The van der Waals surface area contributed by atoms with E-state index in [0.29, 0.717) is 29.2 Å². The molecule has 1 unspecified atom stereocenters. The van der Waals surface area contributed by atoms with Crippen LogP contribution in [0.2, 0.25) is 0 Å².